The van der Waals surface area contributed by atoms with E-state index in [1.165, 1.54) is 44.4 Å². The van der Waals surface area contributed by atoms with Crippen LogP contribution in [0.3, 0.4) is 0 Å². The monoisotopic (exact) mass is 2000 g/mol. The van der Waals surface area contributed by atoms with E-state index in [0.29, 0.717) is 148 Å². The van der Waals surface area contributed by atoms with Gasteiger partial charge in [-0.25, -0.2) is 46.1 Å². The van der Waals surface area contributed by atoms with E-state index in [-0.39, 0.29) is 109 Å². The number of alkyl halides is 3. The molecular weight excluding hydrogens is 1890 g/mol. The number of rotatable bonds is 27. The number of aryl methyl sites for hydroxylation is 2. The normalized spacial score (nSPS) is 16.1. The number of aromatic nitrogens is 12. The van der Waals surface area contributed by atoms with E-state index >= 15 is 4.39 Å². The molecule has 0 bridgehead atoms. The number of fused-ring (bicyclic) bond motifs is 3. The van der Waals surface area contributed by atoms with Crippen molar-refractivity contribution in [1.82, 2.24) is 79.4 Å². The van der Waals surface area contributed by atoms with Crippen molar-refractivity contribution in [2.45, 2.75) is 129 Å². The van der Waals surface area contributed by atoms with E-state index in [1.807, 2.05) is 92.3 Å². The van der Waals surface area contributed by atoms with Crippen LogP contribution < -0.4 is 63.7 Å². The van der Waals surface area contributed by atoms with E-state index in [1.54, 1.807) is 149 Å². The predicted octanol–water partition coefficient (Wildman–Crippen LogP) is 16.3. The maximum absolute atomic E-state index is 15.4. The Kier molecular flexibility index (Phi) is 29.5. The van der Waals surface area contributed by atoms with Gasteiger partial charge in [0, 0.05) is 149 Å². The molecule has 4 atom stereocenters. The Morgan fingerprint density at radius 1 is 0.563 bits per heavy atom. The third kappa shape index (κ3) is 22.1. The summed E-state index contributed by atoms with van der Waals surface area (Å²) in [5, 5.41) is 23.4. The van der Waals surface area contributed by atoms with Crippen molar-refractivity contribution >= 4 is 133 Å². The van der Waals surface area contributed by atoms with E-state index in [9.17, 15) is 48.6 Å². The molecule has 7 aromatic carbocycles. The van der Waals surface area contributed by atoms with E-state index in [2.05, 4.69) is 98.1 Å². The van der Waals surface area contributed by atoms with Crippen molar-refractivity contribution < 1.29 is 43.0 Å². The zero-order chi connectivity index (χ0) is 99.1. The molecule has 4 fully saturated rings. The van der Waals surface area contributed by atoms with Gasteiger partial charge in [0.05, 0.1) is 85.4 Å². The predicted molar refractivity (Wildman–Crippen MR) is 547 cm³/mol. The van der Waals surface area contributed by atoms with Crippen LogP contribution in [0.4, 0.5) is 75.2 Å². The summed E-state index contributed by atoms with van der Waals surface area (Å²) in [6, 6.07) is 56.2. The van der Waals surface area contributed by atoms with Crippen LogP contribution in [-0.2, 0) is 56.3 Å². The number of piperazine rings is 2. The molecule has 12 heterocycles. The molecule has 0 spiro atoms. The van der Waals surface area contributed by atoms with Gasteiger partial charge in [-0.1, -0.05) is 97.8 Å². The number of nitrogens with one attached hydrogen (secondary N) is 7. The number of nitrogens with zero attached hydrogens (tertiary/aromatic N) is 15. The van der Waals surface area contributed by atoms with Crippen molar-refractivity contribution in [2.75, 3.05) is 110 Å². The average Bonchev–Trinajstić information content (AvgIpc) is 1.14. The van der Waals surface area contributed by atoms with Crippen LogP contribution in [0, 0.1) is 19.7 Å². The third-order valence-corrected chi connectivity index (χ3v) is 31.6. The summed E-state index contributed by atoms with van der Waals surface area (Å²) in [5.41, 5.74) is 9.62. The molecule has 142 heavy (non-hydrogen) atoms. The number of pyridine rings is 4. The number of benzene rings is 7. The Hall–Kier alpha value is -14.2. The molecule has 732 valence electrons. The maximum atomic E-state index is 15.4. The fraction of sp³-hybridized carbons (Fsp3) is 0.282. The minimum Gasteiger partial charge on any atom is -0.432 e. The molecular formula is C103H104F4N22O9S4. The minimum atomic E-state index is -4.58. The number of oxazole rings is 1. The largest absolute Gasteiger partial charge is 0.432 e. The van der Waals surface area contributed by atoms with Crippen LogP contribution in [-0.4, -0.2) is 181 Å². The molecule has 0 amide bonds. The molecule has 2 unspecified atom stereocenters. The SMILES string of the molecule is CN(C)CCS(=O)c1ccccc1Cn1c(=O)c(Nc2cccnc2)cc2cnc(Nc3ccc(N4CCNCC4)c(C(F)(F)F)c3)nc21.Cc1ccccc1-c1cc2cnc(Nc3ccc(N4C[C@@H](C)N[C@@H](C)C4)c(F)c3)nc2n(Cc2ncoc2S(=O)(=O)C2CCCC2)c1=O.Cc1scnc1-c1cc2cnc(Nc3ccc(C4CCNC4)cc3)nc2n(Cc2cccc(S(=O)(=O)c3ccccc3)c2)c1=O. The van der Waals surface area contributed by atoms with Crippen LogP contribution in [0.1, 0.15) is 90.3 Å². The zero-order valence-electron chi connectivity index (χ0n) is 78.6. The molecule has 16 aromatic rings. The van der Waals surface area contributed by atoms with Gasteiger partial charge in [-0.2, -0.15) is 28.1 Å². The van der Waals surface area contributed by atoms with Crippen LogP contribution in [0.2, 0.25) is 0 Å². The number of thiazole rings is 1. The van der Waals surface area contributed by atoms with E-state index in [0.717, 1.165) is 66.5 Å². The third-order valence-electron chi connectivity index (χ3n) is 25.5. The summed E-state index contributed by atoms with van der Waals surface area (Å²) < 4.78 is 135. The zero-order valence-corrected chi connectivity index (χ0v) is 81.8. The second-order valence-corrected chi connectivity index (χ2v) is 42.5. The minimum absolute atomic E-state index is 0.0134. The Balaban J connectivity index is 0.000000141. The highest BCUT2D eigenvalue weighted by Crippen LogP contribution is 2.41. The second kappa shape index (κ2) is 42.7. The number of hydrogen-bond donors (Lipinski definition) is 7. The van der Waals surface area contributed by atoms with Gasteiger partial charge in [-0.15, -0.1) is 11.3 Å². The first-order valence-electron chi connectivity index (χ1n) is 46.6. The lowest BCUT2D eigenvalue weighted by atomic mass is 9.98. The van der Waals surface area contributed by atoms with E-state index in [4.69, 9.17) is 14.4 Å². The molecule has 3 aliphatic heterocycles. The fourth-order valence-electron chi connectivity index (χ4n) is 18.4. The van der Waals surface area contributed by atoms with Crippen LogP contribution >= 0.6 is 11.3 Å². The van der Waals surface area contributed by atoms with Crippen LogP contribution in [0.15, 0.2) is 276 Å². The van der Waals surface area contributed by atoms with Crippen LogP contribution in [0.25, 0.3) is 55.5 Å². The molecule has 7 N–H and O–H groups in total. The lowest BCUT2D eigenvalue weighted by Gasteiger charge is -2.37. The molecule has 0 radical (unpaired) electrons. The topological polar surface area (TPSA) is 374 Å². The number of hydrogen-bond acceptors (Lipinski definition) is 29. The van der Waals surface area contributed by atoms with Crippen molar-refractivity contribution in [3.8, 4) is 22.4 Å². The smallest absolute Gasteiger partial charge is 0.418 e. The van der Waals surface area contributed by atoms with Gasteiger partial charge >= 0.3 is 6.18 Å². The van der Waals surface area contributed by atoms with E-state index < -0.39 is 53.0 Å². The lowest BCUT2D eigenvalue weighted by molar-refractivity contribution is -0.137. The van der Waals surface area contributed by atoms with Gasteiger partial charge in [-0.3, -0.25) is 37.3 Å². The quantitative estimate of drug-likeness (QED) is 0.0235. The van der Waals surface area contributed by atoms with Crippen LogP contribution in [0.5, 0.6) is 0 Å². The fourth-order valence-corrected chi connectivity index (χ4v) is 23.6. The number of sulfone groups is 2. The molecule has 9 aromatic heterocycles. The first kappa shape index (κ1) is 98.0. The van der Waals surface area contributed by atoms with Gasteiger partial charge in [0.25, 0.3) is 16.7 Å². The molecule has 4 aliphatic rings. The molecule has 31 nitrogen and oxygen atoms in total. The highest BCUT2D eigenvalue weighted by Gasteiger charge is 2.38. The molecule has 39 heteroatoms. The lowest BCUT2D eigenvalue weighted by Crippen LogP contribution is -2.54. The Morgan fingerprint density at radius 2 is 1.18 bits per heavy atom. The number of anilines is 10. The highest BCUT2D eigenvalue weighted by atomic mass is 32.2. The molecule has 1 aliphatic carbocycles. The van der Waals surface area contributed by atoms with Crippen molar-refractivity contribution in [2.24, 2.45) is 0 Å². The van der Waals surface area contributed by atoms with Crippen molar-refractivity contribution in [1.29, 1.82) is 0 Å². The summed E-state index contributed by atoms with van der Waals surface area (Å²) in [7, 11) is -5.04. The van der Waals surface area contributed by atoms with Gasteiger partial charge in [0.15, 0.2) is 6.39 Å². The van der Waals surface area contributed by atoms with Gasteiger partial charge in [0.2, 0.25) is 42.6 Å². The summed E-state index contributed by atoms with van der Waals surface area (Å²) in [5.74, 6) is 1.07. The molecule has 1 saturated carbocycles. The molecule has 3 saturated heterocycles. The van der Waals surface area contributed by atoms with Gasteiger partial charge < -0.3 is 56.3 Å². The summed E-state index contributed by atoms with van der Waals surface area (Å²) in [4.78, 5) is 90.4. The van der Waals surface area contributed by atoms with Gasteiger partial charge in [-0.05, 0) is 211 Å². The summed E-state index contributed by atoms with van der Waals surface area (Å²) in [6.45, 7) is 14.1. The summed E-state index contributed by atoms with van der Waals surface area (Å²) >= 11 is 1.47. The molecule has 20 rings (SSSR count). The Labute approximate surface area is 822 Å². The highest BCUT2D eigenvalue weighted by molar-refractivity contribution is 7.92. The number of halogens is 4. The van der Waals surface area contributed by atoms with Gasteiger partial charge in [0.1, 0.15) is 34.1 Å². The second-order valence-electron chi connectivity index (χ2n) is 35.9. The van der Waals surface area contributed by atoms with Crippen molar-refractivity contribution in [3.63, 3.8) is 0 Å². The first-order valence-corrected chi connectivity index (χ1v) is 51.9. The standard InChI is InChI=1S/C35H38FN7O4S.C34H36F3N9O2S.C34H30N6O3S2/c1-21-8-4-7-11-27(21)28-14-24-16-37-35(40-25-12-13-31(29(36)15-25)42-17-22(2)39-23(3)18-42)41-32(24)43(33(28)44)19-30-34(47-20-38-30)48(45,46)26-9-5-6-10-26;1-44(2)16-17-49(48)30-8-4-3-6-23(30)22-46-31-24(18-28(32(46)47)41-26-7-5-11-39-21-26)20-40-33(43-31)42-25-9-10-29(27(19-25)34(35,36)37)45-14-12-38-13-15-45;1-22-31(37-21-44-22)30-17-26-19-36-34(38-27-12-10-24(11-13-27)25-14-15-35-18-25)39-32(26)40(33(30)41)20-23-6-5-9-29(16-23)45(42,43)28-7-3-2-4-8-28/h4,7-8,11-16,20,22-23,26,39H,5-6,9-10,17-19H2,1-3H3,(H,37,40,41);3-11,18-21,38,41H,12-17,22H2,1-2H3,(H,40,42,43);2-13,16-17,19,21,25,35H,14-15,18,20H2,1H3,(H,36,38,39)/t22-,23+;;. The Bertz CT molecular complexity index is 7790. The van der Waals surface area contributed by atoms with Crippen molar-refractivity contribution in [3.05, 3.63) is 312 Å². The summed E-state index contributed by atoms with van der Waals surface area (Å²) in [6.07, 6.45) is 8.45. The average molecular weight is 2000 g/mol. The maximum Gasteiger partial charge on any atom is 0.418 e. The first-order chi connectivity index (χ1) is 68.5. The Morgan fingerprint density at radius 3 is 1.82 bits per heavy atom.